The maximum Gasteiger partial charge on any atom is 0.573 e. The fourth-order valence-corrected chi connectivity index (χ4v) is 1.41. The van der Waals surface area contributed by atoms with Crippen molar-refractivity contribution >= 4 is 5.82 Å². The monoisotopic (exact) mass is 258 g/mol. The fourth-order valence-electron chi connectivity index (χ4n) is 1.41. The van der Waals surface area contributed by atoms with Gasteiger partial charge in [-0.05, 0) is 24.3 Å². The highest BCUT2D eigenvalue weighted by molar-refractivity contribution is 5.70. The van der Waals surface area contributed by atoms with Gasteiger partial charge in [-0.3, -0.25) is 0 Å². The van der Waals surface area contributed by atoms with Crippen molar-refractivity contribution in [3.63, 3.8) is 0 Å². The summed E-state index contributed by atoms with van der Waals surface area (Å²) in [5.41, 5.74) is 6.59. The first-order chi connectivity index (χ1) is 8.37. The van der Waals surface area contributed by atoms with Gasteiger partial charge in [0.15, 0.2) is 0 Å². The molecule has 8 heteroatoms. The molecular formula is C10H9F3N4O. The predicted molar refractivity (Wildman–Crippen MR) is 58.9 cm³/mol. The van der Waals surface area contributed by atoms with E-state index in [0.717, 1.165) is 4.68 Å². The lowest BCUT2D eigenvalue weighted by Gasteiger charge is -2.08. The molecule has 0 bridgehead atoms. The molecule has 0 fully saturated rings. The predicted octanol–water partition coefficient (Wildman–Crippen LogP) is 1.74. The molecule has 0 atom stereocenters. The van der Waals surface area contributed by atoms with Crippen LogP contribution in [0.5, 0.6) is 5.75 Å². The minimum absolute atomic E-state index is 0.222. The van der Waals surface area contributed by atoms with Crippen LogP contribution in [0.15, 0.2) is 30.6 Å². The first-order valence-corrected chi connectivity index (χ1v) is 4.81. The molecule has 5 nitrogen and oxygen atoms in total. The number of rotatable bonds is 2. The minimum atomic E-state index is -4.71. The number of imidazole rings is 1. The number of aromatic nitrogens is 2. The van der Waals surface area contributed by atoms with Crippen LogP contribution < -0.4 is 16.3 Å². The number of hydrogen-bond donors (Lipinski definition) is 2. The summed E-state index contributed by atoms with van der Waals surface area (Å²) in [6.07, 6.45) is -3.40. The number of anilines is 1. The number of halogens is 3. The number of nitrogen functional groups attached to an aromatic ring is 2. The fraction of sp³-hybridized carbons (Fsp3) is 0.100. The Balaban J connectivity index is 2.25. The topological polar surface area (TPSA) is 79.1 Å². The molecule has 0 amide bonds. The number of hydrogen-bond acceptors (Lipinski definition) is 4. The summed E-state index contributed by atoms with van der Waals surface area (Å²) in [6.45, 7) is 0. The number of nitrogens with zero attached hydrogens (tertiary/aromatic N) is 2. The van der Waals surface area contributed by atoms with Crippen molar-refractivity contribution in [2.75, 3.05) is 11.6 Å². The Bertz CT molecular complexity index is 547. The molecular weight excluding hydrogens is 249 g/mol. The zero-order valence-corrected chi connectivity index (χ0v) is 8.98. The van der Waals surface area contributed by atoms with Crippen molar-refractivity contribution in [2.24, 2.45) is 0 Å². The van der Waals surface area contributed by atoms with Crippen molar-refractivity contribution in [2.45, 2.75) is 6.36 Å². The van der Waals surface area contributed by atoms with Gasteiger partial charge in [-0.1, -0.05) is 0 Å². The Morgan fingerprint density at radius 2 is 1.78 bits per heavy atom. The second kappa shape index (κ2) is 4.13. The maximum absolute atomic E-state index is 12.0. The summed E-state index contributed by atoms with van der Waals surface area (Å²) < 4.78 is 40.7. The molecule has 0 aliphatic carbocycles. The van der Waals surface area contributed by atoms with Crippen LogP contribution in [0.3, 0.4) is 0 Å². The lowest BCUT2D eigenvalue weighted by Crippen LogP contribution is -2.16. The third-order valence-corrected chi connectivity index (χ3v) is 2.19. The van der Waals surface area contributed by atoms with Crippen LogP contribution in [0, 0.1) is 0 Å². The molecule has 0 aliphatic rings. The summed E-state index contributed by atoms with van der Waals surface area (Å²) in [6, 6.07) is 5.19. The van der Waals surface area contributed by atoms with Gasteiger partial charge in [0.1, 0.15) is 23.6 Å². The second-order valence-electron chi connectivity index (χ2n) is 3.46. The van der Waals surface area contributed by atoms with Crippen molar-refractivity contribution < 1.29 is 17.9 Å². The lowest BCUT2D eigenvalue weighted by atomic mass is 10.1. The van der Waals surface area contributed by atoms with Gasteiger partial charge >= 0.3 is 6.36 Å². The van der Waals surface area contributed by atoms with Crippen LogP contribution in [-0.2, 0) is 0 Å². The molecule has 4 N–H and O–H groups in total. The van der Waals surface area contributed by atoms with E-state index in [1.54, 1.807) is 0 Å². The molecule has 18 heavy (non-hydrogen) atoms. The van der Waals surface area contributed by atoms with Crippen molar-refractivity contribution in [1.82, 2.24) is 9.66 Å². The molecule has 0 unspecified atom stereocenters. The summed E-state index contributed by atoms with van der Waals surface area (Å²) in [7, 11) is 0. The molecule has 0 saturated heterocycles. The molecule has 1 heterocycles. The average Bonchev–Trinajstić information content (AvgIpc) is 2.59. The largest absolute Gasteiger partial charge is 0.573 e. The third kappa shape index (κ3) is 2.47. The standard InChI is InChI=1S/C10H9F3N4O/c11-10(12,13)18-7-3-1-6(2-4-7)8-9(14)17(15)5-16-8/h1-5H,14-15H2. The third-order valence-electron chi connectivity index (χ3n) is 2.19. The number of alkyl halides is 3. The van der Waals surface area contributed by atoms with Crippen LogP contribution in [-0.4, -0.2) is 16.0 Å². The van der Waals surface area contributed by atoms with Gasteiger partial charge < -0.3 is 16.3 Å². The van der Waals surface area contributed by atoms with Crippen LogP contribution in [0.4, 0.5) is 19.0 Å². The van der Waals surface area contributed by atoms with Gasteiger partial charge in [-0.15, -0.1) is 13.2 Å². The second-order valence-corrected chi connectivity index (χ2v) is 3.46. The van der Waals surface area contributed by atoms with Gasteiger partial charge in [0.2, 0.25) is 0 Å². The molecule has 2 aromatic rings. The Morgan fingerprint density at radius 3 is 2.22 bits per heavy atom. The quantitative estimate of drug-likeness (QED) is 0.804. The number of nitrogens with two attached hydrogens (primary N) is 2. The Kier molecular flexibility index (Phi) is 2.77. The van der Waals surface area contributed by atoms with E-state index in [1.165, 1.54) is 30.6 Å². The van der Waals surface area contributed by atoms with Gasteiger partial charge in [0.05, 0.1) is 0 Å². The number of ether oxygens (including phenoxy) is 1. The molecule has 0 saturated carbocycles. The molecule has 96 valence electrons. The summed E-state index contributed by atoms with van der Waals surface area (Å²) in [4.78, 5) is 3.94. The van der Waals surface area contributed by atoms with E-state index in [1.807, 2.05) is 0 Å². The first-order valence-electron chi connectivity index (χ1n) is 4.81. The van der Waals surface area contributed by atoms with Crippen molar-refractivity contribution in [1.29, 1.82) is 0 Å². The van der Waals surface area contributed by atoms with E-state index in [9.17, 15) is 13.2 Å². The molecule has 1 aromatic heterocycles. The average molecular weight is 258 g/mol. The molecule has 2 rings (SSSR count). The van der Waals surface area contributed by atoms with Crippen LogP contribution in [0.25, 0.3) is 11.3 Å². The van der Waals surface area contributed by atoms with Crippen molar-refractivity contribution in [3.8, 4) is 17.0 Å². The molecule has 0 spiro atoms. The van der Waals surface area contributed by atoms with E-state index in [-0.39, 0.29) is 11.6 Å². The Hall–Kier alpha value is -2.38. The first kappa shape index (κ1) is 12.1. The Morgan fingerprint density at radius 1 is 1.17 bits per heavy atom. The normalized spacial score (nSPS) is 11.5. The lowest BCUT2D eigenvalue weighted by molar-refractivity contribution is -0.274. The minimum Gasteiger partial charge on any atom is -0.406 e. The molecule has 0 aliphatic heterocycles. The maximum atomic E-state index is 12.0. The van der Waals surface area contributed by atoms with Crippen LogP contribution in [0.2, 0.25) is 0 Å². The Labute approximate surface area is 99.8 Å². The van der Waals surface area contributed by atoms with E-state index in [2.05, 4.69) is 9.72 Å². The summed E-state index contributed by atoms with van der Waals surface area (Å²) in [5, 5.41) is 0. The highest BCUT2D eigenvalue weighted by atomic mass is 19.4. The van der Waals surface area contributed by atoms with E-state index < -0.39 is 6.36 Å². The molecule has 1 aromatic carbocycles. The zero-order chi connectivity index (χ0) is 13.3. The number of benzene rings is 1. The summed E-state index contributed by atoms with van der Waals surface area (Å²) >= 11 is 0. The van der Waals surface area contributed by atoms with Crippen LogP contribution in [0.1, 0.15) is 0 Å². The van der Waals surface area contributed by atoms with E-state index in [0.29, 0.717) is 11.3 Å². The van der Waals surface area contributed by atoms with Gasteiger partial charge in [-0.2, -0.15) is 0 Å². The van der Waals surface area contributed by atoms with Crippen LogP contribution >= 0.6 is 0 Å². The molecule has 0 radical (unpaired) electrons. The summed E-state index contributed by atoms with van der Waals surface area (Å²) in [5.74, 6) is 5.36. The zero-order valence-electron chi connectivity index (χ0n) is 8.98. The van der Waals surface area contributed by atoms with E-state index in [4.69, 9.17) is 11.6 Å². The van der Waals surface area contributed by atoms with E-state index >= 15 is 0 Å². The van der Waals surface area contributed by atoms with Crippen molar-refractivity contribution in [3.05, 3.63) is 30.6 Å². The van der Waals surface area contributed by atoms with Gasteiger partial charge in [0, 0.05) is 5.56 Å². The van der Waals surface area contributed by atoms with Gasteiger partial charge in [-0.25, -0.2) is 9.66 Å². The highest BCUT2D eigenvalue weighted by Crippen LogP contribution is 2.27. The highest BCUT2D eigenvalue weighted by Gasteiger charge is 2.31. The van der Waals surface area contributed by atoms with Gasteiger partial charge in [0.25, 0.3) is 0 Å². The SMILES string of the molecule is Nc1c(-c2ccc(OC(F)(F)F)cc2)ncn1N. The smallest absolute Gasteiger partial charge is 0.406 e.